The monoisotopic (exact) mass is 278 g/mol. The Hall–Kier alpha value is -2.62. The highest BCUT2D eigenvalue weighted by Gasteiger charge is 2.05. The number of para-hydroxylation sites is 1. The maximum absolute atomic E-state index is 4.09. The van der Waals surface area contributed by atoms with Crippen LogP contribution in [0.4, 0.5) is 5.69 Å². The van der Waals surface area contributed by atoms with Crippen molar-refractivity contribution in [1.82, 2.24) is 14.8 Å². The van der Waals surface area contributed by atoms with Gasteiger partial charge in [0.1, 0.15) is 6.33 Å². The van der Waals surface area contributed by atoms with Crippen molar-refractivity contribution in [2.45, 2.75) is 13.0 Å². The topological polar surface area (TPSA) is 42.7 Å². The number of aromatic nitrogens is 3. The van der Waals surface area contributed by atoms with Crippen molar-refractivity contribution in [2.24, 2.45) is 7.05 Å². The van der Waals surface area contributed by atoms with Crippen molar-refractivity contribution in [3.63, 3.8) is 0 Å². The predicted molar refractivity (Wildman–Crippen MR) is 84.0 cm³/mol. The minimum absolute atomic E-state index is 0.669. The molecule has 3 aromatic rings. The van der Waals surface area contributed by atoms with Gasteiger partial charge < -0.3 is 9.88 Å². The van der Waals surface area contributed by atoms with Crippen LogP contribution in [0.25, 0.3) is 0 Å². The number of benzene rings is 2. The second-order valence-electron chi connectivity index (χ2n) is 5.03. The van der Waals surface area contributed by atoms with Gasteiger partial charge >= 0.3 is 0 Å². The van der Waals surface area contributed by atoms with Gasteiger partial charge in [-0.2, -0.15) is 0 Å². The summed E-state index contributed by atoms with van der Waals surface area (Å²) in [7, 11) is 1.95. The lowest BCUT2D eigenvalue weighted by Gasteiger charge is -2.11. The van der Waals surface area contributed by atoms with Crippen molar-refractivity contribution in [3.8, 4) is 0 Å². The van der Waals surface area contributed by atoms with E-state index < -0.39 is 0 Å². The fourth-order valence-corrected chi connectivity index (χ4v) is 2.30. The number of hydrogen-bond acceptors (Lipinski definition) is 3. The Kier molecular flexibility index (Phi) is 3.96. The minimum Gasteiger partial charge on any atom is -0.378 e. The molecule has 0 spiro atoms. The fourth-order valence-electron chi connectivity index (χ4n) is 2.30. The predicted octanol–water partition coefficient (Wildman–Crippen LogP) is 3.02. The molecule has 0 aliphatic rings. The van der Waals surface area contributed by atoms with Crippen LogP contribution in [0.5, 0.6) is 0 Å². The maximum Gasteiger partial charge on any atom is 0.151 e. The van der Waals surface area contributed by atoms with Crippen LogP contribution in [-0.2, 0) is 20.0 Å². The van der Waals surface area contributed by atoms with Gasteiger partial charge in [-0.25, -0.2) is 0 Å². The fraction of sp³-hybridized carbons (Fsp3) is 0.176. The summed E-state index contributed by atoms with van der Waals surface area (Å²) in [5, 5.41) is 11.4. The molecular formula is C17H18N4. The van der Waals surface area contributed by atoms with Gasteiger partial charge in [0.25, 0.3) is 0 Å². The number of anilines is 1. The van der Waals surface area contributed by atoms with E-state index in [0.29, 0.717) is 6.54 Å². The van der Waals surface area contributed by atoms with Crippen LogP contribution in [0.2, 0.25) is 0 Å². The summed E-state index contributed by atoms with van der Waals surface area (Å²) in [6.45, 7) is 0.669. The zero-order chi connectivity index (χ0) is 14.5. The zero-order valence-corrected chi connectivity index (χ0v) is 12.0. The minimum atomic E-state index is 0.669. The molecule has 4 nitrogen and oxygen atoms in total. The summed E-state index contributed by atoms with van der Waals surface area (Å²) in [6.07, 6.45) is 2.63. The molecule has 4 heteroatoms. The molecule has 0 radical (unpaired) electrons. The summed E-state index contributed by atoms with van der Waals surface area (Å²) in [5.74, 6) is 0.921. The van der Waals surface area contributed by atoms with Crippen molar-refractivity contribution < 1.29 is 0 Å². The zero-order valence-electron chi connectivity index (χ0n) is 12.0. The molecule has 1 aromatic heterocycles. The number of rotatable bonds is 5. The summed E-state index contributed by atoms with van der Waals surface area (Å²) in [5.41, 5.74) is 3.74. The van der Waals surface area contributed by atoms with Gasteiger partial charge in [0, 0.05) is 12.7 Å². The lowest BCUT2D eigenvalue weighted by molar-refractivity contribution is 0.811. The molecular weight excluding hydrogens is 260 g/mol. The quantitative estimate of drug-likeness (QED) is 0.780. The largest absolute Gasteiger partial charge is 0.378 e. The summed E-state index contributed by atoms with van der Waals surface area (Å²) in [4.78, 5) is 0. The van der Waals surface area contributed by atoms with Crippen LogP contribution in [0.15, 0.2) is 60.9 Å². The number of nitrogens with zero attached hydrogens (tertiary/aromatic N) is 3. The number of aryl methyl sites for hydroxylation is 1. The van der Waals surface area contributed by atoms with Gasteiger partial charge in [-0.15, -0.1) is 10.2 Å². The van der Waals surface area contributed by atoms with Gasteiger partial charge in [-0.05, 0) is 23.6 Å². The molecule has 0 amide bonds. The molecule has 0 saturated carbocycles. The lowest BCUT2D eigenvalue weighted by atomic mass is 10.0. The van der Waals surface area contributed by atoms with Crippen LogP contribution >= 0.6 is 0 Å². The Balaban J connectivity index is 1.75. The Morgan fingerprint density at radius 2 is 1.76 bits per heavy atom. The third-order valence-corrected chi connectivity index (χ3v) is 3.50. The van der Waals surface area contributed by atoms with E-state index in [0.717, 1.165) is 17.9 Å². The molecule has 1 heterocycles. The van der Waals surface area contributed by atoms with Crippen molar-refractivity contribution in [2.75, 3.05) is 5.32 Å². The Morgan fingerprint density at radius 1 is 1.00 bits per heavy atom. The Bertz CT molecular complexity index is 704. The van der Waals surface area contributed by atoms with Gasteiger partial charge in [0.15, 0.2) is 5.82 Å². The van der Waals surface area contributed by atoms with Crippen molar-refractivity contribution in [1.29, 1.82) is 0 Å². The first-order valence-corrected chi connectivity index (χ1v) is 7.01. The first kappa shape index (κ1) is 13.4. The van der Waals surface area contributed by atoms with E-state index in [2.05, 4.69) is 58.0 Å². The highest BCUT2D eigenvalue weighted by Crippen LogP contribution is 2.19. The molecule has 0 fully saturated rings. The summed E-state index contributed by atoms with van der Waals surface area (Å²) >= 11 is 0. The molecule has 0 saturated heterocycles. The van der Waals surface area contributed by atoms with Crippen LogP contribution < -0.4 is 5.32 Å². The molecule has 0 bridgehead atoms. The van der Waals surface area contributed by atoms with E-state index in [9.17, 15) is 0 Å². The van der Waals surface area contributed by atoms with Crippen LogP contribution in [0.1, 0.15) is 17.0 Å². The average molecular weight is 278 g/mol. The molecule has 0 atom stereocenters. The highest BCUT2D eigenvalue weighted by molar-refractivity contribution is 5.52. The second-order valence-corrected chi connectivity index (χ2v) is 5.03. The molecule has 1 N–H and O–H groups in total. The van der Waals surface area contributed by atoms with E-state index in [4.69, 9.17) is 0 Å². The van der Waals surface area contributed by atoms with Crippen LogP contribution in [0.3, 0.4) is 0 Å². The average Bonchev–Trinajstić information content (AvgIpc) is 2.93. The van der Waals surface area contributed by atoms with Gasteiger partial charge in [0.2, 0.25) is 0 Å². The van der Waals surface area contributed by atoms with Crippen LogP contribution in [-0.4, -0.2) is 14.8 Å². The third-order valence-electron chi connectivity index (χ3n) is 3.50. The first-order valence-electron chi connectivity index (χ1n) is 7.01. The Labute approximate surface area is 124 Å². The normalized spacial score (nSPS) is 10.5. The second kappa shape index (κ2) is 6.22. The van der Waals surface area contributed by atoms with Gasteiger partial charge in [-0.3, -0.25) is 0 Å². The smallest absolute Gasteiger partial charge is 0.151 e. The van der Waals surface area contributed by atoms with Crippen LogP contribution in [0, 0.1) is 0 Å². The number of hydrogen-bond donors (Lipinski definition) is 1. The lowest BCUT2D eigenvalue weighted by Crippen LogP contribution is -2.07. The SMILES string of the molecule is Cn1cnnc1CNc1ccccc1Cc1ccccc1. The molecule has 0 aliphatic heterocycles. The highest BCUT2D eigenvalue weighted by atomic mass is 15.3. The standard InChI is InChI=1S/C17H18N4/c1-21-13-19-20-17(21)12-18-16-10-6-5-9-15(16)11-14-7-3-2-4-8-14/h2-10,13,18H,11-12H2,1H3. The summed E-state index contributed by atoms with van der Waals surface area (Å²) < 4.78 is 1.92. The first-order chi connectivity index (χ1) is 10.3. The van der Waals surface area contributed by atoms with Crippen molar-refractivity contribution >= 4 is 5.69 Å². The van der Waals surface area contributed by atoms with E-state index in [1.165, 1.54) is 11.1 Å². The summed E-state index contributed by atoms with van der Waals surface area (Å²) in [6, 6.07) is 18.9. The van der Waals surface area contributed by atoms with Crippen molar-refractivity contribution in [3.05, 3.63) is 77.9 Å². The van der Waals surface area contributed by atoms with E-state index in [1.54, 1.807) is 6.33 Å². The van der Waals surface area contributed by atoms with E-state index in [-0.39, 0.29) is 0 Å². The third kappa shape index (κ3) is 3.28. The van der Waals surface area contributed by atoms with Gasteiger partial charge in [-0.1, -0.05) is 48.5 Å². The van der Waals surface area contributed by atoms with E-state index >= 15 is 0 Å². The van der Waals surface area contributed by atoms with E-state index in [1.807, 2.05) is 23.7 Å². The Morgan fingerprint density at radius 3 is 2.52 bits per heavy atom. The molecule has 0 aliphatic carbocycles. The molecule has 21 heavy (non-hydrogen) atoms. The van der Waals surface area contributed by atoms with Gasteiger partial charge in [0.05, 0.1) is 6.54 Å². The molecule has 2 aromatic carbocycles. The number of nitrogens with one attached hydrogen (secondary N) is 1. The maximum atomic E-state index is 4.09. The molecule has 3 rings (SSSR count). The molecule has 106 valence electrons. The molecule has 0 unspecified atom stereocenters.